The molecule has 0 aliphatic carbocycles. The molecule has 7 nitrogen and oxygen atoms in total. The predicted molar refractivity (Wildman–Crippen MR) is 106 cm³/mol. The van der Waals surface area contributed by atoms with Crippen LogP contribution in [0.2, 0.25) is 0 Å². The van der Waals surface area contributed by atoms with Gasteiger partial charge in [-0.05, 0) is 24.5 Å². The number of carbonyl (C=O) groups excluding carboxylic acids is 3. The van der Waals surface area contributed by atoms with Crippen LogP contribution in [-0.4, -0.2) is 67.0 Å². The van der Waals surface area contributed by atoms with Crippen molar-refractivity contribution in [3.8, 4) is 0 Å². The molecule has 1 aromatic carbocycles. The molecule has 3 amide bonds. The Morgan fingerprint density at radius 2 is 1.75 bits per heavy atom. The second-order valence-corrected chi connectivity index (χ2v) is 7.63. The van der Waals surface area contributed by atoms with Crippen LogP contribution < -0.4 is 4.90 Å². The predicted octanol–water partition coefficient (Wildman–Crippen LogP) is 2.46. The summed E-state index contributed by atoms with van der Waals surface area (Å²) in [4.78, 5) is 42.6. The molecule has 152 valence electrons. The molecule has 0 N–H and O–H groups in total. The summed E-state index contributed by atoms with van der Waals surface area (Å²) in [6.45, 7) is 8.62. The summed E-state index contributed by atoms with van der Waals surface area (Å²) in [6.07, 6.45) is -0.0919. The average molecular weight is 387 g/mol. The van der Waals surface area contributed by atoms with E-state index in [2.05, 4.69) is 13.8 Å². The Morgan fingerprint density at radius 3 is 2.39 bits per heavy atom. The molecule has 0 spiro atoms. The van der Waals surface area contributed by atoms with Crippen LogP contribution in [0.15, 0.2) is 24.3 Å². The molecule has 0 aromatic heterocycles. The van der Waals surface area contributed by atoms with Gasteiger partial charge in [0.2, 0.25) is 11.8 Å². The molecule has 0 radical (unpaired) electrons. The van der Waals surface area contributed by atoms with E-state index in [0.29, 0.717) is 45.2 Å². The van der Waals surface area contributed by atoms with E-state index in [-0.39, 0.29) is 30.2 Å². The van der Waals surface area contributed by atoms with E-state index >= 15 is 0 Å². The number of carbonyl (C=O) groups is 3. The number of benzene rings is 1. The van der Waals surface area contributed by atoms with Gasteiger partial charge in [0.25, 0.3) is 0 Å². The van der Waals surface area contributed by atoms with Crippen LogP contribution in [0, 0.1) is 5.92 Å². The first kappa shape index (κ1) is 20.2. The van der Waals surface area contributed by atoms with Crippen molar-refractivity contribution in [3.05, 3.63) is 29.8 Å². The van der Waals surface area contributed by atoms with Crippen LogP contribution in [0.5, 0.6) is 0 Å². The number of nitrogens with zero attached hydrogens (tertiary/aromatic N) is 3. The van der Waals surface area contributed by atoms with Crippen LogP contribution in [0.1, 0.15) is 38.7 Å². The van der Waals surface area contributed by atoms with E-state index in [9.17, 15) is 14.4 Å². The first-order valence-corrected chi connectivity index (χ1v) is 10.0. The van der Waals surface area contributed by atoms with Crippen molar-refractivity contribution in [1.29, 1.82) is 0 Å². The summed E-state index contributed by atoms with van der Waals surface area (Å²) in [5, 5.41) is 0. The summed E-state index contributed by atoms with van der Waals surface area (Å²) in [7, 11) is 0. The monoisotopic (exact) mass is 387 g/mol. The highest BCUT2D eigenvalue weighted by Gasteiger charge is 2.39. The van der Waals surface area contributed by atoms with Gasteiger partial charge in [-0.2, -0.15) is 0 Å². The highest BCUT2D eigenvalue weighted by atomic mass is 16.6. The molecule has 0 saturated carbocycles. The van der Waals surface area contributed by atoms with Crippen LogP contribution in [0.4, 0.5) is 10.5 Å². The lowest BCUT2D eigenvalue weighted by atomic mass is 10.0. The van der Waals surface area contributed by atoms with Crippen molar-refractivity contribution in [3.63, 3.8) is 0 Å². The molecule has 2 aliphatic rings. The summed E-state index contributed by atoms with van der Waals surface area (Å²) in [5.74, 6) is -0.0328. The van der Waals surface area contributed by atoms with E-state index in [1.807, 2.05) is 24.3 Å². The Morgan fingerprint density at radius 1 is 1.11 bits per heavy atom. The third-order valence-corrected chi connectivity index (χ3v) is 5.44. The van der Waals surface area contributed by atoms with Gasteiger partial charge in [-0.1, -0.05) is 32.0 Å². The van der Waals surface area contributed by atoms with Gasteiger partial charge in [0.05, 0.1) is 12.5 Å². The van der Waals surface area contributed by atoms with Crippen molar-refractivity contribution in [2.45, 2.75) is 33.1 Å². The first-order chi connectivity index (χ1) is 13.4. The lowest BCUT2D eigenvalue weighted by molar-refractivity contribution is -0.137. The fourth-order valence-corrected chi connectivity index (χ4v) is 3.91. The van der Waals surface area contributed by atoms with Gasteiger partial charge in [-0.15, -0.1) is 0 Å². The summed E-state index contributed by atoms with van der Waals surface area (Å²) >= 11 is 0. The minimum atomic E-state index is -0.332. The van der Waals surface area contributed by atoms with Gasteiger partial charge in [-0.3, -0.25) is 9.59 Å². The van der Waals surface area contributed by atoms with Crippen molar-refractivity contribution in [2.24, 2.45) is 5.92 Å². The van der Waals surface area contributed by atoms with Crippen molar-refractivity contribution in [1.82, 2.24) is 9.80 Å². The Bertz CT molecular complexity index is 741. The maximum absolute atomic E-state index is 13.0. The van der Waals surface area contributed by atoms with Crippen molar-refractivity contribution < 1.29 is 19.1 Å². The quantitative estimate of drug-likeness (QED) is 0.796. The van der Waals surface area contributed by atoms with E-state index in [0.717, 1.165) is 11.3 Å². The molecule has 1 atom stereocenters. The molecule has 3 rings (SSSR count). The number of ether oxygens (including phenoxy) is 1. The van der Waals surface area contributed by atoms with Crippen LogP contribution in [-0.2, 0) is 14.3 Å². The van der Waals surface area contributed by atoms with E-state index < -0.39 is 0 Å². The zero-order valence-electron chi connectivity index (χ0n) is 16.9. The normalized spacial score (nSPS) is 20.1. The molecule has 0 bridgehead atoms. The molecule has 1 unspecified atom stereocenters. The van der Waals surface area contributed by atoms with Crippen molar-refractivity contribution in [2.75, 3.05) is 44.2 Å². The van der Waals surface area contributed by atoms with Crippen LogP contribution >= 0.6 is 0 Å². The third-order valence-electron chi connectivity index (χ3n) is 5.44. The molecular formula is C21H29N3O4. The number of amides is 3. The average Bonchev–Trinajstić information content (AvgIpc) is 3.09. The zero-order valence-corrected chi connectivity index (χ0v) is 16.9. The number of rotatable bonds is 4. The maximum Gasteiger partial charge on any atom is 0.409 e. The maximum atomic E-state index is 13.0. The second-order valence-electron chi connectivity index (χ2n) is 7.63. The number of hydrogen-bond donors (Lipinski definition) is 0. The van der Waals surface area contributed by atoms with E-state index in [4.69, 9.17) is 4.74 Å². The summed E-state index contributed by atoms with van der Waals surface area (Å²) in [5.41, 5.74) is 2.02. The molecule has 2 heterocycles. The minimum absolute atomic E-state index is 0.00128. The SMILES string of the molecule is CCOC(=O)N1CCN(C(=O)C2CC(=O)N(c3ccccc3C(C)C)C2)CC1. The molecular weight excluding hydrogens is 358 g/mol. The van der Waals surface area contributed by atoms with E-state index in [1.165, 1.54) is 0 Å². The minimum Gasteiger partial charge on any atom is -0.450 e. The smallest absolute Gasteiger partial charge is 0.409 e. The number of piperazine rings is 1. The molecule has 2 saturated heterocycles. The van der Waals surface area contributed by atoms with Gasteiger partial charge in [0, 0.05) is 44.8 Å². The number of hydrogen-bond acceptors (Lipinski definition) is 4. The largest absolute Gasteiger partial charge is 0.450 e. The lowest BCUT2D eigenvalue weighted by Gasteiger charge is -2.35. The highest BCUT2D eigenvalue weighted by Crippen LogP contribution is 2.32. The Kier molecular flexibility index (Phi) is 6.21. The Balaban J connectivity index is 1.63. The molecule has 2 fully saturated rings. The second kappa shape index (κ2) is 8.63. The zero-order chi connectivity index (χ0) is 20.3. The van der Waals surface area contributed by atoms with Gasteiger partial charge < -0.3 is 19.4 Å². The van der Waals surface area contributed by atoms with Crippen molar-refractivity contribution >= 4 is 23.6 Å². The van der Waals surface area contributed by atoms with E-state index in [1.54, 1.807) is 21.6 Å². The molecule has 28 heavy (non-hydrogen) atoms. The fourth-order valence-electron chi connectivity index (χ4n) is 3.91. The molecule has 7 heteroatoms. The first-order valence-electron chi connectivity index (χ1n) is 10.0. The fraction of sp³-hybridized carbons (Fsp3) is 0.571. The Labute approximate surface area is 166 Å². The lowest BCUT2D eigenvalue weighted by Crippen LogP contribution is -2.52. The summed E-state index contributed by atoms with van der Waals surface area (Å²) in [6, 6.07) is 7.90. The van der Waals surface area contributed by atoms with Crippen LogP contribution in [0.25, 0.3) is 0 Å². The van der Waals surface area contributed by atoms with Crippen LogP contribution in [0.3, 0.4) is 0 Å². The topological polar surface area (TPSA) is 70.2 Å². The van der Waals surface area contributed by atoms with Gasteiger partial charge >= 0.3 is 6.09 Å². The van der Waals surface area contributed by atoms with Gasteiger partial charge in [-0.25, -0.2) is 4.79 Å². The molecule has 1 aromatic rings. The highest BCUT2D eigenvalue weighted by molar-refractivity contribution is 6.01. The summed E-state index contributed by atoms with van der Waals surface area (Å²) < 4.78 is 5.02. The van der Waals surface area contributed by atoms with Gasteiger partial charge in [0.1, 0.15) is 0 Å². The standard InChI is InChI=1S/C21H29N3O4/c1-4-28-21(27)23-11-9-22(10-12-23)20(26)16-13-19(25)24(14-16)18-8-6-5-7-17(18)15(2)3/h5-8,15-16H,4,9-14H2,1-3H3. The number of para-hydroxylation sites is 1. The van der Waals surface area contributed by atoms with Gasteiger partial charge in [0.15, 0.2) is 0 Å². The molecule has 2 aliphatic heterocycles. The Hall–Kier alpha value is -2.57. The number of anilines is 1. The third kappa shape index (κ3) is 4.13.